The summed E-state index contributed by atoms with van der Waals surface area (Å²) in [7, 11) is 0. The van der Waals surface area contributed by atoms with Crippen molar-refractivity contribution in [3.63, 3.8) is 0 Å². The summed E-state index contributed by atoms with van der Waals surface area (Å²) in [4.78, 5) is 12.7. The first-order chi connectivity index (χ1) is 9.58. The van der Waals surface area contributed by atoms with Crippen molar-refractivity contribution in [1.82, 2.24) is 0 Å². The van der Waals surface area contributed by atoms with Gasteiger partial charge in [0.1, 0.15) is 5.75 Å². The highest BCUT2D eigenvalue weighted by atomic mass is 16.3. The maximum absolute atomic E-state index is 12.7. The molecule has 0 unspecified atom stereocenters. The van der Waals surface area contributed by atoms with E-state index in [0.29, 0.717) is 12.3 Å². The van der Waals surface area contributed by atoms with Gasteiger partial charge in [0.25, 0.3) is 0 Å². The minimum Gasteiger partial charge on any atom is -0.508 e. The number of Topliss-reactive ketones (excluding diaryl/α,β-unsaturated/α-hetero) is 1. The van der Waals surface area contributed by atoms with Crippen molar-refractivity contribution in [1.29, 1.82) is 0 Å². The van der Waals surface area contributed by atoms with Crippen LogP contribution in [0.15, 0.2) is 30.3 Å². The van der Waals surface area contributed by atoms with Gasteiger partial charge in [-0.25, -0.2) is 0 Å². The largest absolute Gasteiger partial charge is 0.508 e. The van der Waals surface area contributed by atoms with Gasteiger partial charge in [0.05, 0.1) is 0 Å². The highest BCUT2D eigenvalue weighted by molar-refractivity contribution is 6.11. The smallest absolute Gasteiger partial charge is 0.164 e. The van der Waals surface area contributed by atoms with Gasteiger partial charge in [0.15, 0.2) is 5.78 Å². The fourth-order valence-corrected chi connectivity index (χ4v) is 4.37. The van der Waals surface area contributed by atoms with Crippen LogP contribution in [0.3, 0.4) is 0 Å². The Hall–Kier alpha value is -1.83. The van der Waals surface area contributed by atoms with Crippen LogP contribution >= 0.6 is 0 Å². The van der Waals surface area contributed by atoms with Crippen molar-refractivity contribution >= 4 is 16.6 Å². The molecule has 2 aliphatic rings. The predicted octanol–water partition coefficient (Wildman–Crippen LogP) is 4.41. The molecule has 2 heteroatoms. The number of carbonyl (C=O) groups is 1. The number of benzene rings is 2. The molecule has 4 rings (SSSR count). The average molecular weight is 266 g/mol. The highest BCUT2D eigenvalue weighted by Gasteiger charge is 2.46. The molecule has 0 aromatic heterocycles. The molecule has 20 heavy (non-hydrogen) atoms. The third-order valence-corrected chi connectivity index (χ3v) is 5.34. The molecular weight excluding hydrogens is 248 g/mol. The number of phenolic OH excluding ortho intramolecular Hbond substituents is 1. The Morgan fingerprint density at radius 3 is 2.95 bits per heavy atom. The molecule has 2 aliphatic carbocycles. The molecule has 0 spiro atoms. The summed E-state index contributed by atoms with van der Waals surface area (Å²) < 4.78 is 0. The number of ketones is 1. The Labute approximate surface area is 118 Å². The molecule has 1 saturated carbocycles. The lowest BCUT2D eigenvalue weighted by molar-refractivity contribution is 0.0888. The van der Waals surface area contributed by atoms with Gasteiger partial charge >= 0.3 is 0 Å². The summed E-state index contributed by atoms with van der Waals surface area (Å²) in [5, 5.41) is 11.6. The van der Waals surface area contributed by atoms with Gasteiger partial charge in [0.2, 0.25) is 0 Å². The number of hydrogen-bond donors (Lipinski definition) is 1. The molecular formula is C18H18O2. The first kappa shape index (κ1) is 12.0. The number of aromatic hydroxyl groups is 1. The van der Waals surface area contributed by atoms with Crippen molar-refractivity contribution in [2.45, 2.75) is 38.5 Å². The number of carbonyl (C=O) groups excluding carboxylic acids is 1. The van der Waals surface area contributed by atoms with Crippen molar-refractivity contribution in [2.24, 2.45) is 5.41 Å². The molecule has 0 aliphatic heterocycles. The molecule has 1 N–H and O–H groups in total. The number of fused-ring (bicyclic) bond motifs is 5. The monoisotopic (exact) mass is 266 g/mol. The van der Waals surface area contributed by atoms with E-state index in [2.05, 4.69) is 13.0 Å². The number of hydrogen-bond acceptors (Lipinski definition) is 2. The zero-order valence-corrected chi connectivity index (χ0v) is 11.6. The van der Waals surface area contributed by atoms with E-state index in [-0.39, 0.29) is 16.9 Å². The van der Waals surface area contributed by atoms with Gasteiger partial charge < -0.3 is 5.11 Å². The molecule has 2 atom stereocenters. The maximum Gasteiger partial charge on any atom is 0.164 e. The minimum absolute atomic E-state index is 0.161. The van der Waals surface area contributed by atoms with E-state index < -0.39 is 0 Å². The molecule has 0 amide bonds. The molecule has 0 bridgehead atoms. The lowest BCUT2D eigenvalue weighted by Crippen LogP contribution is -2.30. The number of phenols is 1. The van der Waals surface area contributed by atoms with Crippen LogP contribution in [0.4, 0.5) is 0 Å². The van der Waals surface area contributed by atoms with Crippen LogP contribution in [-0.2, 0) is 0 Å². The van der Waals surface area contributed by atoms with Crippen LogP contribution in [-0.4, -0.2) is 10.9 Å². The van der Waals surface area contributed by atoms with Gasteiger partial charge in [0, 0.05) is 12.0 Å². The predicted molar refractivity (Wildman–Crippen MR) is 79.3 cm³/mol. The second kappa shape index (κ2) is 3.85. The quantitative estimate of drug-likeness (QED) is 0.767. The van der Waals surface area contributed by atoms with Crippen molar-refractivity contribution < 1.29 is 9.90 Å². The van der Waals surface area contributed by atoms with E-state index in [9.17, 15) is 9.90 Å². The van der Waals surface area contributed by atoms with Crippen LogP contribution in [0.5, 0.6) is 5.75 Å². The van der Waals surface area contributed by atoms with Gasteiger partial charge in [-0.2, -0.15) is 0 Å². The zero-order valence-electron chi connectivity index (χ0n) is 11.6. The molecule has 0 heterocycles. The first-order valence-corrected chi connectivity index (χ1v) is 7.37. The summed E-state index contributed by atoms with van der Waals surface area (Å²) in [6, 6.07) is 9.47. The summed E-state index contributed by atoms with van der Waals surface area (Å²) in [6.45, 7) is 2.27. The Morgan fingerprint density at radius 2 is 2.10 bits per heavy atom. The summed E-state index contributed by atoms with van der Waals surface area (Å²) in [5.74, 6) is 1.05. The van der Waals surface area contributed by atoms with Crippen LogP contribution in [0.2, 0.25) is 0 Å². The van der Waals surface area contributed by atoms with Crippen molar-refractivity contribution in [3.8, 4) is 5.75 Å². The standard InChI is InChI=1S/C18H18O2/c1-18-8-2-3-15(18)14-6-4-11-9-12(19)5-7-13(11)17(14)16(20)10-18/h4-7,9,15,19H,2-3,8,10H2,1H3/t15-,18-/m0/s1. The Morgan fingerprint density at radius 1 is 1.25 bits per heavy atom. The van der Waals surface area contributed by atoms with E-state index in [1.54, 1.807) is 12.1 Å². The van der Waals surface area contributed by atoms with E-state index >= 15 is 0 Å². The Bertz CT molecular complexity index is 732. The second-order valence-electron chi connectivity index (χ2n) is 6.63. The normalized spacial score (nSPS) is 28.4. The van der Waals surface area contributed by atoms with Crippen molar-refractivity contribution in [2.75, 3.05) is 0 Å². The van der Waals surface area contributed by atoms with Crippen molar-refractivity contribution in [3.05, 3.63) is 41.5 Å². The summed E-state index contributed by atoms with van der Waals surface area (Å²) >= 11 is 0. The van der Waals surface area contributed by atoms with Gasteiger partial charge in [-0.3, -0.25) is 4.79 Å². The Balaban J connectivity index is 2.02. The Kier molecular flexibility index (Phi) is 2.30. The summed E-state index contributed by atoms with van der Waals surface area (Å²) in [5.41, 5.74) is 2.31. The molecule has 0 saturated heterocycles. The summed E-state index contributed by atoms with van der Waals surface area (Å²) in [6.07, 6.45) is 4.25. The highest BCUT2D eigenvalue weighted by Crippen LogP contribution is 2.56. The molecule has 1 fully saturated rings. The minimum atomic E-state index is 0.161. The SMILES string of the molecule is C[C@@]12CCC[C@H]1c1ccc3cc(O)ccc3c1C(=O)C2. The van der Waals surface area contributed by atoms with E-state index in [0.717, 1.165) is 22.8 Å². The van der Waals surface area contributed by atoms with E-state index in [4.69, 9.17) is 0 Å². The van der Waals surface area contributed by atoms with Gasteiger partial charge in [-0.05, 0) is 58.7 Å². The van der Waals surface area contributed by atoms with Gasteiger partial charge in [-0.1, -0.05) is 25.5 Å². The lowest BCUT2D eigenvalue weighted by Gasteiger charge is -2.37. The third-order valence-electron chi connectivity index (χ3n) is 5.34. The molecule has 0 radical (unpaired) electrons. The van der Waals surface area contributed by atoms with Crippen LogP contribution < -0.4 is 0 Å². The maximum atomic E-state index is 12.7. The zero-order chi connectivity index (χ0) is 13.9. The second-order valence-corrected chi connectivity index (χ2v) is 6.63. The van der Waals surface area contributed by atoms with E-state index in [1.807, 2.05) is 12.1 Å². The fourth-order valence-electron chi connectivity index (χ4n) is 4.37. The molecule has 102 valence electrons. The van der Waals surface area contributed by atoms with Crippen LogP contribution in [0.1, 0.15) is 54.4 Å². The average Bonchev–Trinajstić information content (AvgIpc) is 2.79. The first-order valence-electron chi connectivity index (χ1n) is 7.37. The lowest BCUT2D eigenvalue weighted by atomic mass is 9.66. The van der Waals surface area contributed by atoms with Crippen LogP contribution in [0, 0.1) is 5.41 Å². The molecule has 2 nitrogen and oxygen atoms in total. The number of rotatable bonds is 0. The third kappa shape index (κ3) is 1.48. The van der Waals surface area contributed by atoms with Gasteiger partial charge in [-0.15, -0.1) is 0 Å². The fraction of sp³-hybridized carbons (Fsp3) is 0.389. The van der Waals surface area contributed by atoms with E-state index in [1.165, 1.54) is 18.4 Å². The molecule has 2 aromatic carbocycles. The topological polar surface area (TPSA) is 37.3 Å². The molecule has 2 aromatic rings. The van der Waals surface area contributed by atoms with Crippen LogP contribution in [0.25, 0.3) is 10.8 Å².